The number of nitrogens with one attached hydrogen (secondary N) is 1. The minimum absolute atomic E-state index is 0.0446. The first kappa shape index (κ1) is 16.8. The predicted octanol–water partition coefficient (Wildman–Crippen LogP) is 0.223. The minimum Gasteiger partial charge on any atom is -0.399 e. The summed E-state index contributed by atoms with van der Waals surface area (Å²) in [6, 6.07) is 1.52. The largest absolute Gasteiger partial charge is 0.399 e. The number of methoxy groups -OCH3 is 1. The van der Waals surface area contributed by atoms with Crippen LogP contribution in [-0.4, -0.2) is 39.9 Å². The molecule has 0 saturated heterocycles. The Morgan fingerprint density at radius 3 is 2.70 bits per heavy atom. The number of nitrogens with two attached hydrogens (primary N) is 1. The number of ether oxygens (including phenoxy) is 1. The average molecular weight is 310 g/mol. The van der Waals surface area contributed by atoms with Crippen molar-refractivity contribution in [1.29, 1.82) is 0 Å². The van der Waals surface area contributed by atoms with E-state index in [9.17, 15) is 22.3 Å². The van der Waals surface area contributed by atoms with Crippen molar-refractivity contribution in [1.82, 2.24) is 4.72 Å². The van der Waals surface area contributed by atoms with Crippen molar-refractivity contribution >= 4 is 15.7 Å². The number of anilines is 1. The lowest BCUT2D eigenvalue weighted by molar-refractivity contribution is 0.0603. The van der Waals surface area contributed by atoms with Gasteiger partial charge in [-0.3, -0.25) is 0 Å². The van der Waals surface area contributed by atoms with Crippen LogP contribution >= 0.6 is 0 Å². The summed E-state index contributed by atoms with van der Waals surface area (Å²) in [6.45, 7) is -0.105. The Bertz CT molecular complexity index is 566. The van der Waals surface area contributed by atoms with E-state index >= 15 is 0 Å². The molecule has 0 saturated carbocycles. The first-order valence-corrected chi connectivity index (χ1v) is 7.17. The molecule has 1 rings (SSSR count). The molecular weight excluding hydrogens is 294 g/mol. The van der Waals surface area contributed by atoms with E-state index in [0.29, 0.717) is 6.07 Å². The summed E-state index contributed by atoms with van der Waals surface area (Å²) < 4.78 is 56.9. The van der Waals surface area contributed by atoms with Crippen molar-refractivity contribution in [3.63, 3.8) is 0 Å². The highest BCUT2D eigenvalue weighted by Gasteiger charge is 2.22. The number of sulfonamides is 1. The lowest BCUT2D eigenvalue weighted by Crippen LogP contribution is -2.29. The molecular formula is C11H16F2N2O4S. The lowest BCUT2D eigenvalue weighted by atomic mass is 10.3. The Kier molecular flexibility index (Phi) is 5.81. The van der Waals surface area contributed by atoms with Gasteiger partial charge in [-0.05, 0) is 18.6 Å². The molecule has 1 atom stereocenters. The molecule has 1 unspecified atom stereocenters. The maximum Gasteiger partial charge on any atom is 0.243 e. The van der Waals surface area contributed by atoms with Crippen molar-refractivity contribution in [2.24, 2.45) is 0 Å². The van der Waals surface area contributed by atoms with Gasteiger partial charge in [-0.15, -0.1) is 0 Å². The Morgan fingerprint density at radius 1 is 1.45 bits per heavy atom. The third kappa shape index (κ3) is 4.37. The van der Waals surface area contributed by atoms with E-state index < -0.39 is 32.7 Å². The third-order valence-electron chi connectivity index (χ3n) is 2.44. The molecule has 0 amide bonds. The highest BCUT2D eigenvalue weighted by atomic mass is 32.2. The van der Waals surface area contributed by atoms with Crippen LogP contribution < -0.4 is 10.5 Å². The molecule has 20 heavy (non-hydrogen) atoms. The van der Waals surface area contributed by atoms with Crippen LogP contribution in [0, 0.1) is 11.6 Å². The fourth-order valence-corrected chi connectivity index (χ4v) is 2.66. The molecule has 114 valence electrons. The van der Waals surface area contributed by atoms with E-state index in [1.807, 2.05) is 0 Å². The van der Waals surface area contributed by atoms with Crippen LogP contribution in [0.2, 0.25) is 0 Å². The molecule has 1 aromatic carbocycles. The topological polar surface area (TPSA) is 102 Å². The SMILES string of the molecule is COCC(O)CCNS(=O)(=O)c1cc(N)cc(F)c1F. The van der Waals surface area contributed by atoms with Gasteiger partial charge in [-0.1, -0.05) is 0 Å². The quantitative estimate of drug-likeness (QED) is 0.626. The summed E-state index contributed by atoms with van der Waals surface area (Å²) in [7, 11) is -2.86. The number of rotatable bonds is 7. The number of benzene rings is 1. The van der Waals surface area contributed by atoms with Crippen LogP contribution in [-0.2, 0) is 14.8 Å². The van der Waals surface area contributed by atoms with Crippen molar-refractivity contribution in [3.05, 3.63) is 23.8 Å². The molecule has 0 spiro atoms. The lowest BCUT2D eigenvalue weighted by Gasteiger charge is -2.11. The van der Waals surface area contributed by atoms with E-state index in [-0.39, 0.29) is 25.3 Å². The van der Waals surface area contributed by atoms with E-state index in [4.69, 9.17) is 5.73 Å². The van der Waals surface area contributed by atoms with Gasteiger partial charge in [0, 0.05) is 19.3 Å². The van der Waals surface area contributed by atoms with Gasteiger partial charge in [0.05, 0.1) is 12.7 Å². The second-order valence-electron chi connectivity index (χ2n) is 4.11. The Hall–Kier alpha value is -1.29. The highest BCUT2D eigenvalue weighted by Crippen LogP contribution is 2.20. The summed E-state index contributed by atoms with van der Waals surface area (Å²) in [4.78, 5) is -0.865. The van der Waals surface area contributed by atoms with Crippen LogP contribution in [0.4, 0.5) is 14.5 Å². The Morgan fingerprint density at radius 2 is 2.10 bits per heavy atom. The van der Waals surface area contributed by atoms with Crippen molar-refractivity contribution in [3.8, 4) is 0 Å². The number of hydrogen-bond acceptors (Lipinski definition) is 5. The molecule has 0 radical (unpaired) electrons. The number of aliphatic hydroxyl groups is 1. The first-order valence-electron chi connectivity index (χ1n) is 5.69. The van der Waals surface area contributed by atoms with E-state index in [2.05, 4.69) is 9.46 Å². The Labute approximate surface area is 115 Å². The second kappa shape index (κ2) is 6.93. The van der Waals surface area contributed by atoms with E-state index in [0.717, 1.165) is 6.07 Å². The van der Waals surface area contributed by atoms with E-state index in [1.165, 1.54) is 7.11 Å². The molecule has 9 heteroatoms. The normalized spacial score (nSPS) is 13.4. The summed E-state index contributed by atoms with van der Waals surface area (Å²) >= 11 is 0. The molecule has 0 aliphatic heterocycles. The van der Waals surface area contributed by atoms with Crippen molar-refractivity contribution in [2.45, 2.75) is 17.4 Å². The van der Waals surface area contributed by atoms with Gasteiger partial charge in [0.25, 0.3) is 0 Å². The van der Waals surface area contributed by atoms with Crippen molar-refractivity contribution < 1.29 is 27.0 Å². The van der Waals surface area contributed by atoms with Crippen LogP contribution in [0.1, 0.15) is 6.42 Å². The molecule has 0 aliphatic carbocycles. The Balaban J connectivity index is 2.80. The molecule has 1 aromatic rings. The van der Waals surface area contributed by atoms with Gasteiger partial charge < -0.3 is 15.6 Å². The summed E-state index contributed by atoms with van der Waals surface area (Å²) in [6.07, 6.45) is -0.787. The molecule has 0 heterocycles. The number of aliphatic hydroxyl groups excluding tert-OH is 1. The summed E-state index contributed by atoms with van der Waals surface area (Å²) in [5.74, 6) is -2.84. The molecule has 6 nitrogen and oxygen atoms in total. The maximum atomic E-state index is 13.5. The smallest absolute Gasteiger partial charge is 0.243 e. The first-order chi connectivity index (χ1) is 9.27. The zero-order valence-electron chi connectivity index (χ0n) is 10.8. The molecule has 0 bridgehead atoms. The number of hydrogen-bond donors (Lipinski definition) is 3. The van der Waals surface area contributed by atoms with E-state index in [1.54, 1.807) is 0 Å². The molecule has 0 fully saturated rings. The third-order valence-corrected chi connectivity index (χ3v) is 3.90. The molecule has 0 aliphatic rings. The zero-order chi connectivity index (χ0) is 15.3. The van der Waals surface area contributed by atoms with Crippen LogP contribution in [0.15, 0.2) is 17.0 Å². The van der Waals surface area contributed by atoms with Crippen molar-refractivity contribution in [2.75, 3.05) is 26.0 Å². The fourth-order valence-electron chi connectivity index (χ4n) is 1.49. The van der Waals surface area contributed by atoms with Gasteiger partial charge in [0.15, 0.2) is 11.6 Å². The number of halogens is 2. The average Bonchev–Trinajstić information content (AvgIpc) is 2.33. The predicted molar refractivity (Wildman–Crippen MR) is 68.5 cm³/mol. The van der Waals surface area contributed by atoms with Gasteiger partial charge >= 0.3 is 0 Å². The van der Waals surface area contributed by atoms with Crippen LogP contribution in [0.25, 0.3) is 0 Å². The van der Waals surface area contributed by atoms with Gasteiger partial charge in [-0.25, -0.2) is 21.9 Å². The molecule has 0 aromatic heterocycles. The second-order valence-corrected chi connectivity index (χ2v) is 5.85. The van der Waals surface area contributed by atoms with Crippen LogP contribution in [0.5, 0.6) is 0 Å². The zero-order valence-corrected chi connectivity index (χ0v) is 11.6. The highest BCUT2D eigenvalue weighted by molar-refractivity contribution is 7.89. The monoisotopic (exact) mass is 310 g/mol. The summed E-state index contributed by atoms with van der Waals surface area (Å²) in [5.41, 5.74) is 5.08. The number of nitrogen functional groups attached to an aromatic ring is 1. The van der Waals surface area contributed by atoms with Gasteiger partial charge in [-0.2, -0.15) is 0 Å². The van der Waals surface area contributed by atoms with Gasteiger partial charge in [0.2, 0.25) is 10.0 Å². The van der Waals surface area contributed by atoms with Gasteiger partial charge in [0.1, 0.15) is 4.90 Å². The fraction of sp³-hybridized carbons (Fsp3) is 0.455. The standard InChI is InChI=1S/C11H16F2N2O4S/c1-19-6-8(16)2-3-15-20(17,18)10-5-7(14)4-9(12)11(10)13/h4-5,8,15-16H,2-3,6,14H2,1H3. The maximum absolute atomic E-state index is 13.5. The molecule has 4 N–H and O–H groups in total. The minimum atomic E-state index is -4.24. The van der Waals surface area contributed by atoms with Crippen LogP contribution in [0.3, 0.4) is 0 Å². The summed E-state index contributed by atoms with van der Waals surface area (Å²) in [5, 5.41) is 9.35.